The normalized spacial score (nSPS) is 16.0. The first-order valence-corrected chi connectivity index (χ1v) is 8.26. The van der Waals surface area contributed by atoms with E-state index in [-0.39, 0.29) is 11.0 Å². The zero-order valence-electron chi connectivity index (χ0n) is 12.0. The first kappa shape index (κ1) is 14.8. The number of rotatable bonds is 5. The summed E-state index contributed by atoms with van der Waals surface area (Å²) in [4.78, 5) is 4.24. The van der Waals surface area contributed by atoms with Crippen molar-refractivity contribution in [2.75, 3.05) is 20.2 Å². The van der Waals surface area contributed by atoms with Gasteiger partial charge < -0.3 is 9.47 Å². The van der Waals surface area contributed by atoms with Gasteiger partial charge in [-0.25, -0.2) is 13.4 Å². The summed E-state index contributed by atoms with van der Waals surface area (Å²) in [5.74, 6) is 0.846. The summed E-state index contributed by atoms with van der Waals surface area (Å²) < 4.78 is 37.3. The number of hydrogen-bond acceptors (Lipinski definition) is 5. The molecule has 2 heterocycles. The van der Waals surface area contributed by atoms with Gasteiger partial charge in [-0.3, -0.25) is 0 Å². The van der Waals surface area contributed by atoms with E-state index in [1.807, 2.05) is 6.07 Å². The standard InChI is InChI=1S/C15H16N2O4S/c1-20-13-6-2-3-7-14(13)22(18,19)17-10-12(11-17)21-15-8-4-5-9-16-15/h2-9,12H,10-11H2,1H3. The van der Waals surface area contributed by atoms with Gasteiger partial charge in [0.05, 0.1) is 20.2 Å². The lowest BCUT2D eigenvalue weighted by Crippen LogP contribution is -2.56. The van der Waals surface area contributed by atoms with Crippen LogP contribution in [-0.4, -0.2) is 44.0 Å². The zero-order valence-corrected chi connectivity index (χ0v) is 12.9. The van der Waals surface area contributed by atoms with Crippen LogP contribution in [-0.2, 0) is 10.0 Å². The second-order valence-corrected chi connectivity index (χ2v) is 6.79. The Labute approximate surface area is 129 Å². The van der Waals surface area contributed by atoms with Crippen molar-refractivity contribution in [3.05, 3.63) is 48.7 Å². The molecular weight excluding hydrogens is 304 g/mol. The van der Waals surface area contributed by atoms with Crippen LogP contribution in [0.5, 0.6) is 11.6 Å². The van der Waals surface area contributed by atoms with Gasteiger partial charge in [-0.05, 0) is 18.2 Å². The molecular formula is C15H16N2O4S. The van der Waals surface area contributed by atoms with E-state index < -0.39 is 10.0 Å². The highest BCUT2D eigenvalue weighted by Gasteiger charge is 2.39. The number of para-hydroxylation sites is 1. The van der Waals surface area contributed by atoms with E-state index in [1.54, 1.807) is 42.6 Å². The van der Waals surface area contributed by atoms with Crippen molar-refractivity contribution in [1.82, 2.24) is 9.29 Å². The molecule has 1 saturated heterocycles. The van der Waals surface area contributed by atoms with Crippen molar-refractivity contribution in [2.24, 2.45) is 0 Å². The lowest BCUT2D eigenvalue weighted by Gasteiger charge is -2.37. The summed E-state index contributed by atoms with van der Waals surface area (Å²) in [6.45, 7) is 0.605. The molecule has 7 heteroatoms. The van der Waals surface area contributed by atoms with Gasteiger partial charge in [0.1, 0.15) is 16.7 Å². The molecule has 0 radical (unpaired) electrons. The number of ether oxygens (including phenoxy) is 2. The van der Waals surface area contributed by atoms with Gasteiger partial charge in [0, 0.05) is 12.3 Å². The van der Waals surface area contributed by atoms with Crippen LogP contribution in [0.25, 0.3) is 0 Å². The van der Waals surface area contributed by atoms with Gasteiger partial charge in [0.2, 0.25) is 15.9 Å². The SMILES string of the molecule is COc1ccccc1S(=O)(=O)N1CC(Oc2ccccn2)C1. The molecule has 3 rings (SSSR count). The van der Waals surface area contributed by atoms with Gasteiger partial charge in [-0.15, -0.1) is 0 Å². The molecule has 1 fully saturated rings. The second-order valence-electron chi connectivity index (χ2n) is 4.88. The maximum absolute atomic E-state index is 12.6. The summed E-state index contributed by atoms with van der Waals surface area (Å²) in [5, 5.41) is 0. The van der Waals surface area contributed by atoms with Gasteiger partial charge in [0.25, 0.3) is 0 Å². The number of sulfonamides is 1. The lowest BCUT2D eigenvalue weighted by molar-refractivity contribution is 0.0720. The average Bonchev–Trinajstić information content (AvgIpc) is 2.51. The highest BCUT2D eigenvalue weighted by molar-refractivity contribution is 7.89. The third kappa shape index (κ3) is 2.77. The predicted octanol–water partition coefficient (Wildman–Crippen LogP) is 1.54. The molecule has 0 amide bonds. The van der Waals surface area contributed by atoms with Crippen molar-refractivity contribution >= 4 is 10.0 Å². The smallest absolute Gasteiger partial charge is 0.247 e. The Morgan fingerprint density at radius 2 is 1.86 bits per heavy atom. The Hall–Kier alpha value is -2.12. The Kier molecular flexibility index (Phi) is 4.00. The number of methoxy groups -OCH3 is 1. The van der Waals surface area contributed by atoms with Crippen LogP contribution in [0.3, 0.4) is 0 Å². The maximum Gasteiger partial charge on any atom is 0.247 e. The number of benzene rings is 1. The van der Waals surface area contributed by atoms with Gasteiger partial charge in [-0.1, -0.05) is 18.2 Å². The van der Waals surface area contributed by atoms with E-state index in [0.29, 0.717) is 24.7 Å². The molecule has 0 bridgehead atoms. The Morgan fingerprint density at radius 1 is 1.14 bits per heavy atom. The van der Waals surface area contributed by atoms with E-state index in [2.05, 4.69) is 4.98 Å². The molecule has 0 N–H and O–H groups in total. The molecule has 1 aliphatic rings. The van der Waals surface area contributed by atoms with Crippen molar-refractivity contribution in [2.45, 2.75) is 11.0 Å². The molecule has 2 aromatic rings. The second kappa shape index (κ2) is 5.94. The topological polar surface area (TPSA) is 68.7 Å². The highest BCUT2D eigenvalue weighted by Crippen LogP contribution is 2.29. The summed E-state index contributed by atoms with van der Waals surface area (Å²) in [7, 11) is -2.11. The molecule has 1 aliphatic heterocycles. The number of nitrogens with zero attached hydrogens (tertiary/aromatic N) is 2. The van der Waals surface area contributed by atoms with Crippen LogP contribution in [0.1, 0.15) is 0 Å². The molecule has 0 unspecified atom stereocenters. The fourth-order valence-corrected chi connectivity index (χ4v) is 3.89. The molecule has 0 atom stereocenters. The monoisotopic (exact) mass is 320 g/mol. The third-order valence-corrected chi connectivity index (χ3v) is 5.30. The number of pyridine rings is 1. The van der Waals surface area contributed by atoms with Crippen LogP contribution in [0.15, 0.2) is 53.6 Å². The first-order chi connectivity index (χ1) is 10.6. The maximum atomic E-state index is 12.6. The Bertz CT molecular complexity index is 743. The summed E-state index contributed by atoms with van der Waals surface area (Å²) in [6.07, 6.45) is 1.46. The van der Waals surface area contributed by atoms with E-state index in [9.17, 15) is 8.42 Å². The van der Waals surface area contributed by atoms with Crippen LogP contribution in [0.4, 0.5) is 0 Å². The van der Waals surface area contributed by atoms with Gasteiger partial charge in [0.15, 0.2) is 0 Å². The lowest BCUT2D eigenvalue weighted by atomic mass is 10.2. The van der Waals surface area contributed by atoms with E-state index >= 15 is 0 Å². The van der Waals surface area contributed by atoms with Crippen LogP contribution < -0.4 is 9.47 Å². The van der Waals surface area contributed by atoms with Crippen molar-refractivity contribution in [3.8, 4) is 11.6 Å². The van der Waals surface area contributed by atoms with Gasteiger partial charge in [-0.2, -0.15) is 4.31 Å². The molecule has 6 nitrogen and oxygen atoms in total. The van der Waals surface area contributed by atoms with Crippen LogP contribution >= 0.6 is 0 Å². The molecule has 0 saturated carbocycles. The molecule has 0 spiro atoms. The molecule has 0 aliphatic carbocycles. The number of hydrogen-bond donors (Lipinski definition) is 0. The van der Waals surface area contributed by atoms with Crippen molar-refractivity contribution in [1.29, 1.82) is 0 Å². The molecule has 1 aromatic heterocycles. The largest absolute Gasteiger partial charge is 0.495 e. The summed E-state index contributed by atoms with van der Waals surface area (Å²) >= 11 is 0. The minimum Gasteiger partial charge on any atom is -0.495 e. The summed E-state index contributed by atoms with van der Waals surface area (Å²) in [5.41, 5.74) is 0. The Balaban J connectivity index is 1.69. The highest BCUT2D eigenvalue weighted by atomic mass is 32.2. The molecule has 116 valence electrons. The van der Waals surface area contributed by atoms with Crippen molar-refractivity contribution < 1.29 is 17.9 Å². The number of aromatic nitrogens is 1. The Morgan fingerprint density at radius 3 is 2.55 bits per heavy atom. The van der Waals surface area contributed by atoms with E-state index in [1.165, 1.54) is 11.4 Å². The minimum atomic E-state index is -3.56. The molecule has 22 heavy (non-hydrogen) atoms. The zero-order chi connectivity index (χ0) is 15.6. The van der Waals surface area contributed by atoms with E-state index in [0.717, 1.165) is 0 Å². The van der Waals surface area contributed by atoms with Gasteiger partial charge >= 0.3 is 0 Å². The summed E-state index contributed by atoms with van der Waals surface area (Å²) in [6, 6.07) is 12.0. The molecule has 1 aromatic carbocycles. The predicted molar refractivity (Wildman–Crippen MR) is 80.4 cm³/mol. The van der Waals surface area contributed by atoms with Crippen LogP contribution in [0.2, 0.25) is 0 Å². The minimum absolute atomic E-state index is 0.175. The fraction of sp³-hybridized carbons (Fsp3) is 0.267. The first-order valence-electron chi connectivity index (χ1n) is 6.82. The fourth-order valence-electron chi connectivity index (χ4n) is 2.23. The quantitative estimate of drug-likeness (QED) is 0.836. The van der Waals surface area contributed by atoms with Crippen molar-refractivity contribution in [3.63, 3.8) is 0 Å². The third-order valence-electron chi connectivity index (χ3n) is 3.43. The average molecular weight is 320 g/mol. The van der Waals surface area contributed by atoms with E-state index in [4.69, 9.17) is 9.47 Å². The van der Waals surface area contributed by atoms with Crippen LogP contribution in [0, 0.1) is 0 Å².